The first-order chi connectivity index (χ1) is 9.16. The third kappa shape index (κ3) is 2.11. The largest absolute Gasteiger partial charge is 0.368 e. The Balaban J connectivity index is 2.14. The number of hydrogen-bond donors (Lipinski definition) is 1. The summed E-state index contributed by atoms with van der Waals surface area (Å²) in [5.41, 5.74) is 6.79. The summed E-state index contributed by atoms with van der Waals surface area (Å²) in [5, 5.41) is 1.10. The van der Waals surface area contributed by atoms with Gasteiger partial charge in [0.25, 0.3) is 0 Å². The second-order valence-electron chi connectivity index (χ2n) is 5.57. The Hall–Kier alpha value is -1.84. The summed E-state index contributed by atoms with van der Waals surface area (Å²) in [6, 6.07) is 8.66. The van der Waals surface area contributed by atoms with Gasteiger partial charge in [0.1, 0.15) is 5.82 Å². The zero-order chi connectivity index (χ0) is 13.4. The molecular formula is C15H20N4. The Morgan fingerprint density at radius 1 is 1.26 bits per heavy atom. The van der Waals surface area contributed by atoms with Crippen molar-refractivity contribution < 1.29 is 0 Å². The predicted octanol–water partition coefficient (Wildman–Crippen LogP) is 2.84. The minimum atomic E-state index is 0.364. The summed E-state index contributed by atoms with van der Waals surface area (Å²) in [4.78, 5) is 11.2. The van der Waals surface area contributed by atoms with Crippen molar-refractivity contribution >= 4 is 22.7 Å². The van der Waals surface area contributed by atoms with Crippen LogP contribution in [0, 0.1) is 5.92 Å². The number of hydrogen-bond acceptors (Lipinski definition) is 4. The molecule has 2 aromatic rings. The molecule has 0 saturated carbocycles. The predicted molar refractivity (Wildman–Crippen MR) is 79.2 cm³/mol. The van der Waals surface area contributed by atoms with Crippen LogP contribution < -0.4 is 10.6 Å². The highest BCUT2D eigenvalue weighted by Crippen LogP contribution is 2.33. The molecule has 0 bridgehead atoms. The Kier molecular flexibility index (Phi) is 3.01. The molecule has 1 aliphatic rings. The van der Waals surface area contributed by atoms with Crippen LogP contribution in [-0.2, 0) is 0 Å². The molecule has 0 amide bonds. The van der Waals surface area contributed by atoms with Gasteiger partial charge in [0.05, 0.1) is 5.52 Å². The smallest absolute Gasteiger partial charge is 0.222 e. The number of anilines is 2. The maximum Gasteiger partial charge on any atom is 0.222 e. The Labute approximate surface area is 113 Å². The van der Waals surface area contributed by atoms with Crippen molar-refractivity contribution in [3.63, 3.8) is 0 Å². The van der Waals surface area contributed by atoms with Crippen LogP contribution in [0.1, 0.15) is 26.7 Å². The molecular weight excluding hydrogens is 236 g/mol. The van der Waals surface area contributed by atoms with E-state index in [0.717, 1.165) is 23.3 Å². The standard InChI is InChI=1S/C15H20N4/c1-10(2)13-8-5-9-19(13)14-11-6-3-4-7-12(11)17-15(16)18-14/h3-4,6-7,10,13H,5,8-9H2,1-2H3,(H2,16,17,18). The van der Waals surface area contributed by atoms with E-state index in [-0.39, 0.29) is 0 Å². The fraction of sp³-hybridized carbons (Fsp3) is 0.467. The SMILES string of the molecule is CC(C)C1CCCN1c1nc(N)nc2ccccc12. The third-order valence-electron chi connectivity index (χ3n) is 3.94. The lowest BCUT2D eigenvalue weighted by Gasteiger charge is -2.29. The molecule has 0 spiro atoms. The number of nitrogens with two attached hydrogens (primary N) is 1. The molecule has 1 aromatic carbocycles. The number of aromatic nitrogens is 2. The molecule has 1 aliphatic heterocycles. The van der Waals surface area contributed by atoms with Crippen molar-refractivity contribution in [1.29, 1.82) is 0 Å². The molecule has 1 fully saturated rings. The van der Waals surface area contributed by atoms with Gasteiger partial charge in [0, 0.05) is 18.0 Å². The summed E-state index contributed by atoms with van der Waals surface area (Å²) < 4.78 is 0. The summed E-state index contributed by atoms with van der Waals surface area (Å²) in [7, 11) is 0. The zero-order valence-electron chi connectivity index (χ0n) is 11.5. The van der Waals surface area contributed by atoms with E-state index in [1.807, 2.05) is 18.2 Å². The van der Waals surface area contributed by atoms with Crippen LogP contribution in [0.25, 0.3) is 10.9 Å². The zero-order valence-corrected chi connectivity index (χ0v) is 11.5. The van der Waals surface area contributed by atoms with Gasteiger partial charge >= 0.3 is 0 Å². The minimum absolute atomic E-state index is 0.364. The van der Waals surface area contributed by atoms with Crippen LogP contribution in [0.5, 0.6) is 0 Å². The van der Waals surface area contributed by atoms with Crippen LogP contribution in [0.4, 0.5) is 11.8 Å². The van der Waals surface area contributed by atoms with Gasteiger partial charge in [0.2, 0.25) is 5.95 Å². The highest BCUT2D eigenvalue weighted by molar-refractivity contribution is 5.90. The maximum atomic E-state index is 5.86. The molecule has 0 aliphatic carbocycles. The Bertz CT molecular complexity index is 594. The molecule has 4 nitrogen and oxygen atoms in total. The number of fused-ring (bicyclic) bond motifs is 1. The number of benzene rings is 1. The van der Waals surface area contributed by atoms with E-state index in [9.17, 15) is 0 Å². The van der Waals surface area contributed by atoms with E-state index in [4.69, 9.17) is 5.73 Å². The summed E-state index contributed by atoms with van der Waals surface area (Å²) in [5.74, 6) is 1.99. The normalized spacial score (nSPS) is 19.5. The van der Waals surface area contributed by atoms with Gasteiger partial charge in [-0.25, -0.2) is 4.98 Å². The Morgan fingerprint density at radius 2 is 2.05 bits per heavy atom. The van der Waals surface area contributed by atoms with E-state index in [1.165, 1.54) is 12.8 Å². The number of rotatable bonds is 2. The number of para-hydroxylation sites is 1. The van der Waals surface area contributed by atoms with Crippen LogP contribution in [0.3, 0.4) is 0 Å². The van der Waals surface area contributed by atoms with E-state index in [2.05, 4.69) is 34.8 Å². The Morgan fingerprint density at radius 3 is 2.84 bits per heavy atom. The second kappa shape index (κ2) is 4.68. The molecule has 19 heavy (non-hydrogen) atoms. The maximum absolute atomic E-state index is 5.86. The van der Waals surface area contributed by atoms with Crippen LogP contribution in [-0.4, -0.2) is 22.6 Å². The molecule has 4 heteroatoms. The van der Waals surface area contributed by atoms with E-state index in [0.29, 0.717) is 17.9 Å². The lowest BCUT2D eigenvalue weighted by atomic mass is 10.0. The van der Waals surface area contributed by atoms with Gasteiger partial charge in [-0.1, -0.05) is 26.0 Å². The topological polar surface area (TPSA) is 55.0 Å². The van der Waals surface area contributed by atoms with Crippen LogP contribution >= 0.6 is 0 Å². The van der Waals surface area contributed by atoms with Gasteiger partial charge in [-0.15, -0.1) is 0 Å². The van der Waals surface area contributed by atoms with Gasteiger partial charge in [-0.05, 0) is 30.9 Å². The molecule has 100 valence electrons. The minimum Gasteiger partial charge on any atom is -0.368 e. The molecule has 3 rings (SSSR count). The molecule has 2 heterocycles. The first kappa shape index (κ1) is 12.2. The second-order valence-corrected chi connectivity index (χ2v) is 5.57. The number of nitrogen functional groups attached to an aromatic ring is 1. The summed E-state index contributed by atoms with van der Waals surface area (Å²) >= 11 is 0. The molecule has 1 aromatic heterocycles. The molecule has 1 unspecified atom stereocenters. The molecule has 0 radical (unpaired) electrons. The lowest BCUT2D eigenvalue weighted by molar-refractivity contribution is 0.490. The van der Waals surface area contributed by atoms with Gasteiger partial charge in [-0.3, -0.25) is 0 Å². The van der Waals surface area contributed by atoms with Crippen LogP contribution in [0.2, 0.25) is 0 Å². The molecule has 1 atom stereocenters. The first-order valence-corrected chi connectivity index (χ1v) is 6.95. The highest BCUT2D eigenvalue weighted by Gasteiger charge is 2.29. The van der Waals surface area contributed by atoms with Crippen molar-refractivity contribution in [3.05, 3.63) is 24.3 Å². The fourth-order valence-electron chi connectivity index (χ4n) is 3.04. The van der Waals surface area contributed by atoms with Crippen molar-refractivity contribution in [2.45, 2.75) is 32.7 Å². The summed E-state index contributed by atoms with van der Waals surface area (Å²) in [6.07, 6.45) is 2.46. The van der Waals surface area contributed by atoms with Crippen molar-refractivity contribution in [1.82, 2.24) is 9.97 Å². The fourth-order valence-corrected chi connectivity index (χ4v) is 3.04. The van der Waals surface area contributed by atoms with Crippen molar-refractivity contribution in [2.75, 3.05) is 17.2 Å². The van der Waals surface area contributed by atoms with E-state index < -0.39 is 0 Å². The van der Waals surface area contributed by atoms with E-state index in [1.54, 1.807) is 0 Å². The average Bonchev–Trinajstić information content (AvgIpc) is 2.86. The molecule has 2 N–H and O–H groups in total. The van der Waals surface area contributed by atoms with Crippen molar-refractivity contribution in [2.24, 2.45) is 5.92 Å². The van der Waals surface area contributed by atoms with Gasteiger partial charge in [-0.2, -0.15) is 4.98 Å². The van der Waals surface area contributed by atoms with E-state index >= 15 is 0 Å². The van der Waals surface area contributed by atoms with Crippen LogP contribution in [0.15, 0.2) is 24.3 Å². The third-order valence-corrected chi connectivity index (χ3v) is 3.94. The monoisotopic (exact) mass is 256 g/mol. The van der Waals surface area contributed by atoms with Crippen molar-refractivity contribution in [3.8, 4) is 0 Å². The van der Waals surface area contributed by atoms with Gasteiger partial charge in [0.15, 0.2) is 0 Å². The lowest BCUT2D eigenvalue weighted by Crippen LogP contribution is -2.34. The summed E-state index contributed by atoms with van der Waals surface area (Å²) in [6.45, 7) is 5.61. The van der Waals surface area contributed by atoms with Gasteiger partial charge < -0.3 is 10.6 Å². The quantitative estimate of drug-likeness (QED) is 0.897. The molecule has 1 saturated heterocycles. The number of nitrogens with zero attached hydrogens (tertiary/aromatic N) is 3. The first-order valence-electron chi connectivity index (χ1n) is 6.95. The highest BCUT2D eigenvalue weighted by atomic mass is 15.3. The average molecular weight is 256 g/mol.